The maximum Gasteiger partial charge on any atom is 0.410 e. The number of hydrogen-bond acceptors (Lipinski definition) is 4. The normalized spacial score (nSPS) is 20.8. The lowest BCUT2D eigenvalue weighted by Crippen LogP contribution is -2.46. The topological polar surface area (TPSA) is 48.0 Å². The summed E-state index contributed by atoms with van der Waals surface area (Å²) >= 11 is 0. The molecule has 0 aromatic heterocycles. The molecule has 1 amide bonds. The Labute approximate surface area is 177 Å². The predicted octanol–water partition coefficient (Wildman–Crippen LogP) is 5.60. The molecule has 1 saturated heterocycles. The van der Waals surface area contributed by atoms with Crippen molar-refractivity contribution in [3.8, 4) is 0 Å². The van der Waals surface area contributed by atoms with Gasteiger partial charge in [-0.25, -0.2) is 4.79 Å². The van der Waals surface area contributed by atoms with E-state index in [1.54, 1.807) is 4.90 Å². The van der Waals surface area contributed by atoms with Crippen molar-refractivity contribution in [2.24, 2.45) is 0 Å². The lowest BCUT2D eigenvalue weighted by molar-refractivity contribution is 0.0124. The zero-order chi connectivity index (χ0) is 21.9. The molecular formula is C23H39NO4Si. The Morgan fingerprint density at radius 3 is 2.28 bits per heavy atom. The average Bonchev–Trinajstić information content (AvgIpc) is 3.00. The molecule has 1 aliphatic rings. The second-order valence-corrected chi connectivity index (χ2v) is 15.3. The number of ether oxygens (including phenoxy) is 2. The summed E-state index contributed by atoms with van der Waals surface area (Å²) in [6, 6.07) is 10.1. The van der Waals surface area contributed by atoms with Gasteiger partial charge in [0.25, 0.3) is 0 Å². The van der Waals surface area contributed by atoms with E-state index in [-0.39, 0.29) is 23.3 Å². The van der Waals surface area contributed by atoms with Gasteiger partial charge in [-0.15, -0.1) is 0 Å². The van der Waals surface area contributed by atoms with Crippen LogP contribution in [-0.4, -0.2) is 50.2 Å². The largest absolute Gasteiger partial charge is 0.444 e. The standard InChI is InChI=1S/C23H39NO4Si/c1-22(2,3)28-21(25)24-15-20(26-16-18-12-10-9-11-13-18)14-19(24)17-27-29(7,8)23(4,5)6/h9-13,19-20H,14-17H2,1-8H3/t19-,20?/m0/s1. The molecule has 2 rings (SSSR count). The van der Waals surface area contributed by atoms with Crippen LogP contribution in [0.15, 0.2) is 30.3 Å². The van der Waals surface area contributed by atoms with E-state index < -0.39 is 13.9 Å². The van der Waals surface area contributed by atoms with Gasteiger partial charge >= 0.3 is 6.09 Å². The van der Waals surface area contributed by atoms with E-state index in [0.717, 1.165) is 12.0 Å². The van der Waals surface area contributed by atoms with Crippen molar-refractivity contribution in [2.45, 2.75) is 90.4 Å². The van der Waals surface area contributed by atoms with Gasteiger partial charge in [-0.1, -0.05) is 51.1 Å². The van der Waals surface area contributed by atoms with E-state index in [1.165, 1.54) is 0 Å². The fourth-order valence-corrected chi connectivity index (χ4v) is 4.05. The van der Waals surface area contributed by atoms with Crippen molar-refractivity contribution in [2.75, 3.05) is 13.2 Å². The summed E-state index contributed by atoms with van der Waals surface area (Å²) in [5.41, 5.74) is 0.613. The highest BCUT2D eigenvalue weighted by Crippen LogP contribution is 2.37. The minimum Gasteiger partial charge on any atom is -0.444 e. The second-order valence-electron chi connectivity index (χ2n) is 10.5. The third kappa shape index (κ3) is 7.12. The van der Waals surface area contributed by atoms with Gasteiger partial charge < -0.3 is 18.8 Å². The molecule has 1 aromatic carbocycles. The Bertz CT molecular complexity index is 664. The van der Waals surface area contributed by atoms with Crippen molar-refractivity contribution in [1.29, 1.82) is 0 Å². The number of amides is 1. The van der Waals surface area contributed by atoms with Gasteiger partial charge in [-0.2, -0.15) is 0 Å². The quantitative estimate of drug-likeness (QED) is 0.561. The molecular weight excluding hydrogens is 382 g/mol. The molecule has 5 nitrogen and oxygen atoms in total. The minimum absolute atomic E-state index is 0.0178. The fraction of sp³-hybridized carbons (Fsp3) is 0.696. The Kier molecular flexibility index (Phi) is 7.57. The van der Waals surface area contributed by atoms with E-state index in [2.05, 4.69) is 46.0 Å². The maximum atomic E-state index is 12.8. The maximum absolute atomic E-state index is 12.8. The molecule has 0 bridgehead atoms. The summed E-state index contributed by atoms with van der Waals surface area (Å²) in [5.74, 6) is 0. The lowest BCUT2D eigenvalue weighted by atomic mass is 10.2. The molecule has 1 heterocycles. The Morgan fingerprint density at radius 1 is 1.10 bits per heavy atom. The summed E-state index contributed by atoms with van der Waals surface area (Å²) in [6.07, 6.45) is 0.462. The van der Waals surface area contributed by atoms with E-state index in [9.17, 15) is 4.79 Å². The summed E-state index contributed by atoms with van der Waals surface area (Å²) in [4.78, 5) is 14.6. The van der Waals surface area contributed by atoms with E-state index >= 15 is 0 Å². The molecule has 1 fully saturated rings. The summed E-state index contributed by atoms with van der Waals surface area (Å²) in [5, 5.41) is 0.131. The van der Waals surface area contributed by atoms with Gasteiger partial charge in [0.05, 0.1) is 31.9 Å². The summed E-state index contributed by atoms with van der Waals surface area (Å²) in [6.45, 7) is 18.5. The monoisotopic (exact) mass is 421 g/mol. The van der Waals surface area contributed by atoms with E-state index in [0.29, 0.717) is 19.8 Å². The van der Waals surface area contributed by atoms with Gasteiger partial charge in [0.2, 0.25) is 0 Å². The van der Waals surface area contributed by atoms with Crippen molar-refractivity contribution in [3.63, 3.8) is 0 Å². The SMILES string of the molecule is CC(C)(C)OC(=O)N1CC(OCc2ccccc2)C[C@H]1CO[Si](C)(C)C(C)(C)C. The highest BCUT2D eigenvalue weighted by Gasteiger charge is 2.42. The molecule has 0 spiro atoms. The Hall–Kier alpha value is -1.37. The molecule has 1 unspecified atom stereocenters. The van der Waals surface area contributed by atoms with E-state index in [4.69, 9.17) is 13.9 Å². The zero-order valence-electron chi connectivity index (χ0n) is 19.5. The first-order valence-corrected chi connectivity index (χ1v) is 13.5. The van der Waals surface area contributed by atoms with Crippen LogP contribution in [0, 0.1) is 0 Å². The van der Waals surface area contributed by atoms with Crippen molar-refractivity contribution in [1.82, 2.24) is 4.90 Å². The third-order valence-corrected chi connectivity index (χ3v) is 10.3. The van der Waals surface area contributed by atoms with Crippen LogP contribution < -0.4 is 0 Å². The van der Waals surface area contributed by atoms with Crippen molar-refractivity contribution in [3.05, 3.63) is 35.9 Å². The number of carbonyl (C=O) groups excluding carboxylic acids is 1. The van der Waals surface area contributed by atoms with Crippen LogP contribution in [0.5, 0.6) is 0 Å². The first-order chi connectivity index (χ1) is 13.3. The van der Waals surface area contributed by atoms with Gasteiger partial charge in [0.1, 0.15) is 5.60 Å². The first kappa shape index (κ1) is 23.9. The molecule has 0 N–H and O–H groups in total. The van der Waals surface area contributed by atoms with Crippen LogP contribution in [0.2, 0.25) is 18.1 Å². The lowest BCUT2D eigenvalue weighted by Gasteiger charge is -2.38. The van der Waals surface area contributed by atoms with Gasteiger partial charge in [-0.3, -0.25) is 0 Å². The molecule has 0 aliphatic carbocycles. The molecule has 2 atom stereocenters. The molecule has 1 aliphatic heterocycles. The average molecular weight is 422 g/mol. The number of carbonyl (C=O) groups is 1. The number of benzene rings is 1. The molecule has 164 valence electrons. The van der Waals surface area contributed by atoms with Gasteiger partial charge in [0.15, 0.2) is 8.32 Å². The van der Waals surface area contributed by atoms with Crippen LogP contribution in [-0.2, 0) is 20.5 Å². The Balaban J connectivity index is 2.04. The highest BCUT2D eigenvalue weighted by atomic mass is 28.4. The van der Waals surface area contributed by atoms with Crippen LogP contribution >= 0.6 is 0 Å². The minimum atomic E-state index is -1.90. The van der Waals surface area contributed by atoms with Crippen LogP contribution in [0.4, 0.5) is 4.79 Å². The van der Waals surface area contributed by atoms with Crippen LogP contribution in [0.25, 0.3) is 0 Å². The first-order valence-electron chi connectivity index (χ1n) is 10.6. The fourth-order valence-electron chi connectivity index (χ4n) is 3.01. The molecule has 29 heavy (non-hydrogen) atoms. The third-order valence-electron chi connectivity index (χ3n) is 5.78. The summed E-state index contributed by atoms with van der Waals surface area (Å²) in [7, 11) is -1.90. The van der Waals surface area contributed by atoms with Crippen LogP contribution in [0.3, 0.4) is 0 Å². The molecule has 1 aromatic rings. The number of nitrogens with zero attached hydrogens (tertiary/aromatic N) is 1. The number of hydrogen-bond donors (Lipinski definition) is 0. The molecule has 0 saturated carbocycles. The van der Waals surface area contributed by atoms with Gasteiger partial charge in [0, 0.05) is 0 Å². The molecule has 0 radical (unpaired) electrons. The van der Waals surface area contributed by atoms with Crippen molar-refractivity contribution < 1.29 is 18.7 Å². The predicted molar refractivity (Wildman–Crippen MR) is 120 cm³/mol. The van der Waals surface area contributed by atoms with Crippen LogP contribution in [0.1, 0.15) is 53.5 Å². The second kappa shape index (κ2) is 9.19. The van der Waals surface area contributed by atoms with E-state index in [1.807, 2.05) is 39.0 Å². The summed E-state index contributed by atoms with van der Waals surface area (Å²) < 4.78 is 18.2. The number of rotatable bonds is 6. The molecule has 6 heteroatoms. The highest BCUT2D eigenvalue weighted by molar-refractivity contribution is 6.74. The number of likely N-dealkylation sites (tertiary alicyclic amines) is 1. The Morgan fingerprint density at radius 2 is 1.72 bits per heavy atom. The smallest absolute Gasteiger partial charge is 0.410 e. The zero-order valence-corrected chi connectivity index (χ0v) is 20.5. The van der Waals surface area contributed by atoms with Gasteiger partial charge in [-0.05, 0) is 50.9 Å². The van der Waals surface area contributed by atoms with Crippen molar-refractivity contribution >= 4 is 14.4 Å².